The Hall–Kier alpha value is -2.90. The van der Waals surface area contributed by atoms with Gasteiger partial charge in [-0.2, -0.15) is 5.10 Å². The second-order valence-electron chi connectivity index (χ2n) is 7.15. The predicted molar refractivity (Wildman–Crippen MR) is 100 cm³/mol. The minimum Gasteiger partial charge on any atom is -0.340 e. The minimum atomic E-state index is -2.64. The summed E-state index contributed by atoms with van der Waals surface area (Å²) >= 11 is 0. The lowest BCUT2D eigenvalue weighted by Crippen LogP contribution is -2.41. The molecule has 4 rings (SSSR count). The van der Waals surface area contributed by atoms with Crippen molar-refractivity contribution in [3.05, 3.63) is 53.7 Å². The molecule has 1 fully saturated rings. The molecular formula is C20H21F2N5O. The Morgan fingerprint density at radius 1 is 1.32 bits per heavy atom. The average molecular weight is 385 g/mol. The molecule has 3 aromatic heterocycles. The van der Waals surface area contributed by atoms with Gasteiger partial charge < -0.3 is 4.90 Å². The molecule has 0 spiro atoms. The van der Waals surface area contributed by atoms with Crippen molar-refractivity contribution in [1.29, 1.82) is 0 Å². The number of aromatic nitrogens is 4. The summed E-state index contributed by atoms with van der Waals surface area (Å²) in [6.45, 7) is 2.87. The topological polar surface area (TPSA) is 63.9 Å². The summed E-state index contributed by atoms with van der Waals surface area (Å²) in [4.78, 5) is 23.5. The molecule has 8 heteroatoms. The Morgan fingerprint density at radius 2 is 2.18 bits per heavy atom. The number of halogens is 2. The fourth-order valence-electron chi connectivity index (χ4n) is 3.68. The normalized spacial score (nSPS) is 17.4. The second-order valence-corrected chi connectivity index (χ2v) is 7.15. The molecular weight excluding hydrogens is 364 g/mol. The van der Waals surface area contributed by atoms with Crippen molar-refractivity contribution in [3.8, 4) is 0 Å². The predicted octanol–water partition coefficient (Wildman–Crippen LogP) is 3.48. The Labute approximate surface area is 161 Å². The first-order valence-corrected chi connectivity index (χ1v) is 9.32. The van der Waals surface area contributed by atoms with Crippen LogP contribution in [0.25, 0.3) is 10.9 Å². The molecule has 4 heterocycles. The van der Waals surface area contributed by atoms with E-state index in [0.717, 1.165) is 29.4 Å². The van der Waals surface area contributed by atoms with Gasteiger partial charge in [0.05, 0.1) is 5.52 Å². The molecule has 1 amide bonds. The lowest BCUT2D eigenvalue weighted by atomic mass is 9.94. The van der Waals surface area contributed by atoms with E-state index in [-0.39, 0.29) is 24.1 Å². The number of pyridine rings is 2. The molecule has 3 aromatic rings. The number of rotatable bonds is 4. The van der Waals surface area contributed by atoms with Crippen molar-refractivity contribution < 1.29 is 13.6 Å². The van der Waals surface area contributed by atoms with Gasteiger partial charge in [0.2, 0.25) is 5.91 Å². The van der Waals surface area contributed by atoms with E-state index in [1.165, 1.54) is 10.7 Å². The number of hydrogen-bond acceptors (Lipinski definition) is 4. The zero-order valence-corrected chi connectivity index (χ0v) is 15.6. The molecule has 6 nitrogen and oxygen atoms in total. The van der Waals surface area contributed by atoms with Crippen LogP contribution in [-0.4, -0.2) is 43.6 Å². The lowest BCUT2D eigenvalue weighted by Gasteiger charge is -2.32. The Morgan fingerprint density at radius 3 is 2.96 bits per heavy atom. The Kier molecular flexibility index (Phi) is 5.02. The molecule has 0 aromatic carbocycles. The van der Waals surface area contributed by atoms with Gasteiger partial charge in [-0.3, -0.25) is 19.4 Å². The maximum atomic E-state index is 12.8. The monoisotopic (exact) mass is 385 g/mol. The highest BCUT2D eigenvalue weighted by Gasteiger charge is 2.26. The average Bonchev–Trinajstić information content (AvgIpc) is 3.08. The van der Waals surface area contributed by atoms with E-state index in [1.54, 1.807) is 18.0 Å². The highest BCUT2D eigenvalue weighted by molar-refractivity contribution is 5.78. The third-order valence-corrected chi connectivity index (χ3v) is 5.21. The standard InChI is InChI=1S/C20H21F2N5O/c1-13-8-18(20(21)22)25-27(13)12-19(28)26-7-3-5-15(11-26)17-9-16-14(10-24-17)4-2-6-23-16/h2,4,6,8-10,15,20H,3,5,7,11-12H2,1H3/t15-/m0/s1. The van der Waals surface area contributed by atoms with Crippen LogP contribution >= 0.6 is 0 Å². The smallest absolute Gasteiger partial charge is 0.282 e. The van der Waals surface area contributed by atoms with Crippen LogP contribution in [0.5, 0.6) is 0 Å². The number of aryl methyl sites for hydroxylation is 1. The zero-order chi connectivity index (χ0) is 19.7. The molecule has 1 saturated heterocycles. The van der Waals surface area contributed by atoms with E-state index >= 15 is 0 Å². The molecule has 0 N–H and O–H groups in total. The number of hydrogen-bond donors (Lipinski definition) is 0. The van der Waals surface area contributed by atoms with Gasteiger partial charge in [-0.15, -0.1) is 0 Å². The van der Waals surface area contributed by atoms with Crippen LogP contribution in [0.1, 0.15) is 42.3 Å². The molecule has 0 saturated carbocycles. The number of alkyl halides is 2. The van der Waals surface area contributed by atoms with Crippen molar-refractivity contribution in [2.24, 2.45) is 0 Å². The van der Waals surface area contributed by atoms with Crippen LogP contribution in [0, 0.1) is 6.92 Å². The van der Waals surface area contributed by atoms with E-state index in [4.69, 9.17) is 0 Å². The molecule has 0 aliphatic carbocycles. The van der Waals surface area contributed by atoms with Gasteiger partial charge in [0.15, 0.2) is 0 Å². The number of piperidine rings is 1. The van der Waals surface area contributed by atoms with Crippen LogP contribution in [0.3, 0.4) is 0 Å². The molecule has 1 aliphatic rings. The molecule has 146 valence electrons. The van der Waals surface area contributed by atoms with Crippen molar-refractivity contribution in [2.45, 2.75) is 38.7 Å². The Bertz CT molecular complexity index is 1000. The van der Waals surface area contributed by atoms with Gasteiger partial charge >= 0.3 is 0 Å². The second kappa shape index (κ2) is 7.61. The van der Waals surface area contributed by atoms with Crippen molar-refractivity contribution in [2.75, 3.05) is 13.1 Å². The van der Waals surface area contributed by atoms with Gasteiger partial charge in [0.1, 0.15) is 12.2 Å². The van der Waals surface area contributed by atoms with Crippen LogP contribution in [-0.2, 0) is 11.3 Å². The number of likely N-dealkylation sites (tertiary alicyclic amines) is 1. The van der Waals surface area contributed by atoms with E-state index < -0.39 is 6.43 Å². The van der Waals surface area contributed by atoms with Gasteiger partial charge in [0, 0.05) is 48.2 Å². The van der Waals surface area contributed by atoms with E-state index in [9.17, 15) is 13.6 Å². The molecule has 0 radical (unpaired) electrons. The van der Waals surface area contributed by atoms with E-state index in [2.05, 4.69) is 15.1 Å². The van der Waals surface area contributed by atoms with Crippen LogP contribution in [0.2, 0.25) is 0 Å². The quantitative estimate of drug-likeness (QED) is 0.690. The van der Waals surface area contributed by atoms with Crippen molar-refractivity contribution in [3.63, 3.8) is 0 Å². The molecule has 1 atom stereocenters. The SMILES string of the molecule is Cc1cc(C(F)F)nn1CC(=O)N1CCC[C@H](c2cc3ncccc3cn2)C1. The van der Waals surface area contributed by atoms with E-state index in [1.807, 2.05) is 24.4 Å². The summed E-state index contributed by atoms with van der Waals surface area (Å²) in [5, 5.41) is 4.84. The van der Waals surface area contributed by atoms with Gasteiger partial charge in [0.25, 0.3) is 6.43 Å². The maximum Gasteiger partial charge on any atom is 0.282 e. The van der Waals surface area contributed by atoms with Crippen LogP contribution in [0.4, 0.5) is 8.78 Å². The largest absolute Gasteiger partial charge is 0.340 e. The summed E-state index contributed by atoms with van der Waals surface area (Å²) in [7, 11) is 0. The van der Waals surface area contributed by atoms with Crippen LogP contribution < -0.4 is 0 Å². The summed E-state index contributed by atoms with van der Waals surface area (Å²) in [5.41, 5.74) is 2.08. The van der Waals surface area contributed by atoms with Crippen molar-refractivity contribution >= 4 is 16.8 Å². The third-order valence-electron chi connectivity index (χ3n) is 5.21. The number of carbonyl (C=O) groups excluding carboxylic acids is 1. The maximum absolute atomic E-state index is 12.8. The van der Waals surface area contributed by atoms with Gasteiger partial charge in [-0.25, -0.2) is 8.78 Å². The van der Waals surface area contributed by atoms with Gasteiger partial charge in [-0.05, 0) is 44.0 Å². The highest BCUT2D eigenvalue weighted by Crippen LogP contribution is 2.27. The fourth-order valence-corrected chi connectivity index (χ4v) is 3.68. The first-order valence-electron chi connectivity index (χ1n) is 9.32. The molecule has 0 bridgehead atoms. The number of amides is 1. The highest BCUT2D eigenvalue weighted by atomic mass is 19.3. The minimum absolute atomic E-state index is 0.0298. The molecule has 28 heavy (non-hydrogen) atoms. The molecule has 0 unspecified atom stereocenters. The number of nitrogens with zero attached hydrogens (tertiary/aromatic N) is 5. The van der Waals surface area contributed by atoms with Crippen LogP contribution in [0.15, 0.2) is 36.7 Å². The van der Waals surface area contributed by atoms with Crippen molar-refractivity contribution in [1.82, 2.24) is 24.6 Å². The Balaban J connectivity index is 1.47. The lowest BCUT2D eigenvalue weighted by molar-refractivity contribution is -0.133. The van der Waals surface area contributed by atoms with Gasteiger partial charge in [-0.1, -0.05) is 0 Å². The van der Waals surface area contributed by atoms with E-state index in [0.29, 0.717) is 18.8 Å². The zero-order valence-electron chi connectivity index (χ0n) is 15.6. The summed E-state index contributed by atoms with van der Waals surface area (Å²) in [6, 6.07) is 7.15. The number of carbonyl (C=O) groups is 1. The first kappa shape index (κ1) is 18.5. The third kappa shape index (κ3) is 3.72. The summed E-state index contributed by atoms with van der Waals surface area (Å²) in [5.74, 6) is 0.0232. The number of fused-ring (bicyclic) bond motifs is 1. The first-order chi connectivity index (χ1) is 13.5. The summed E-state index contributed by atoms with van der Waals surface area (Å²) in [6.07, 6.45) is 2.76. The fraction of sp³-hybridized carbons (Fsp3) is 0.400. The molecule has 1 aliphatic heterocycles. The summed E-state index contributed by atoms with van der Waals surface area (Å²) < 4.78 is 27.0.